The van der Waals surface area contributed by atoms with E-state index >= 15 is 0 Å². The van der Waals surface area contributed by atoms with Crippen molar-refractivity contribution < 1.29 is 4.79 Å². The first-order valence-corrected chi connectivity index (χ1v) is 9.70. The molecule has 2 fully saturated rings. The van der Waals surface area contributed by atoms with Crippen LogP contribution in [0.5, 0.6) is 0 Å². The van der Waals surface area contributed by atoms with E-state index in [0.717, 1.165) is 36.9 Å². The molecule has 120 valence electrons. The predicted molar refractivity (Wildman–Crippen MR) is 90.5 cm³/mol. The van der Waals surface area contributed by atoms with Crippen molar-refractivity contribution in [3.05, 3.63) is 21.4 Å². The predicted octanol–water partition coefficient (Wildman–Crippen LogP) is 3.09. The molecular weight excluding hydrogens is 292 g/mol. The fraction of sp³-hybridized carbons (Fsp3) is 0.722. The Labute approximate surface area is 137 Å². The summed E-state index contributed by atoms with van der Waals surface area (Å²) in [5.41, 5.74) is 2.30. The molecule has 2 atom stereocenters. The summed E-state index contributed by atoms with van der Waals surface area (Å²) in [6.07, 6.45) is 7.49. The number of likely N-dealkylation sites (tertiary alicyclic amines) is 1. The molecule has 0 spiro atoms. The van der Waals surface area contributed by atoms with Gasteiger partial charge in [0.05, 0.1) is 5.56 Å². The van der Waals surface area contributed by atoms with Crippen LogP contribution in [0, 0.1) is 11.8 Å². The molecule has 1 aromatic rings. The molecule has 2 unspecified atom stereocenters. The smallest absolute Gasteiger partial charge is 0.252 e. The molecule has 4 rings (SSSR count). The molecule has 1 saturated heterocycles. The topological polar surface area (TPSA) is 32.3 Å². The Kier molecular flexibility index (Phi) is 3.99. The summed E-state index contributed by atoms with van der Waals surface area (Å²) in [6.45, 7) is 5.58. The number of hydrogen-bond acceptors (Lipinski definition) is 3. The van der Waals surface area contributed by atoms with Gasteiger partial charge in [-0.1, -0.05) is 6.92 Å². The number of amides is 1. The Bertz CT molecular complexity index is 563. The molecule has 4 heteroatoms. The van der Waals surface area contributed by atoms with Gasteiger partial charge in [-0.15, -0.1) is 11.3 Å². The van der Waals surface area contributed by atoms with E-state index in [1.54, 1.807) is 11.3 Å². The number of thiophene rings is 1. The second kappa shape index (κ2) is 5.97. The number of hydrogen-bond donors (Lipinski definition) is 1. The highest BCUT2D eigenvalue weighted by molar-refractivity contribution is 7.10. The van der Waals surface area contributed by atoms with Crippen molar-refractivity contribution in [1.29, 1.82) is 0 Å². The second-order valence-corrected chi connectivity index (χ2v) is 8.45. The molecule has 1 aromatic heterocycles. The molecule has 1 aliphatic heterocycles. The van der Waals surface area contributed by atoms with Crippen LogP contribution in [0.25, 0.3) is 0 Å². The first kappa shape index (κ1) is 14.7. The van der Waals surface area contributed by atoms with Crippen LogP contribution >= 0.6 is 11.3 Å². The number of nitrogens with zero attached hydrogens (tertiary/aromatic N) is 1. The zero-order valence-corrected chi connectivity index (χ0v) is 14.3. The third kappa shape index (κ3) is 2.95. The molecule has 22 heavy (non-hydrogen) atoms. The summed E-state index contributed by atoms with van der Waals surface area (Å²) >= 11 is 1.79. The largest absolute Gasteiger partial charge is 0.352 e. The molecule has 0 aromatic carbocycles. The minimum Gasteiger partial charge on any atom is -0.352 e. The summed E-state index contributed by atoms with van der Waals surface area (Å²) in [6, 6.07) is 0.867. The minimum atomic E-state index is 0.164. The fourth-order valence-corrected chi connectivity index (χ4v) is 5.25. The van der Waals surface area contributed by atoms with Crippen molar-refractivity contribution in [3.63, 3.8) is 0 Å². The van der Waals surface area contributed by atoms with Crippen LogP contribution in [-0.4, -0.2) is 36.5 Å². The van der Waals surface area contributed by atoms with E-state index in [0.29, 0.717) is 5.92 Å². The third-order valence-electron chi connectivity index (χ3n) is 5.58. The molecule has 0 bridgehead atoms. The zero-order valence-electron chi connectivity index (χ0n) is 13.4. The lowest BCUT2D eigenvalue weighted by Crippen LogP contribution is -2.32. The first-order chi connectivity index (χ1) is 10.7. The average Bonchev–Trinajstić information content (AvgIpc) is 3.10. The van der Waals surface area contributed by atoms with Crippen LogP contribution in [0.2, 0.25) is 0 Å². The highest BCUT2D eigenvalue weighted by Crippen LogP contribution is 2.33. The molecule has 1 N–H and O–H groups in total. The summed E-state index contributed by atoms with van der Waals surface area (Å²) in [4.78, 5) is 16.6. The Morgan fingerprint density at radius 1 is 1.36 bits per heavy atom. The summed E-state index contributed by atoms with van der Waals surface area (Å²) in [5, 5.41) is 5.30. The maximum absolute atomic E-state index is 12.5. The van der Waals surface area contributed by atoms with E-state index in [9.17, 15) is 4.79 Å². The van der Waals surface area contributed by atoms with Gasteiger partial charge in [0.1, 0.15) is 0 Å². The molecule has 3 aliphatic rings. The fourth-order valence-electron chi connectivity index (χ4n) is 4.00. The lowest BCUT2D eigenvalue weighted by Gasteiger charge is -2.19. The van der Waals surface area contributed by atoms with Crippen LogP contribution in [0.15, 0.2) is 5.38 Å². The first-order valence-electron chi connectivity index (χ1n) is 8.82. The van der Waals surface area contributed by atoms with Crippen molar-refractivity contribution in [3.8, 4) is 0 Å². The third-order valence-corrected chi connectivity index (χ3v) is 6.63. The Balaban J connectivity index is 1.33. The highest BCUT2D eigenvalue weighted by atomic mass is 32.1. The SMILES string of the molecule is CC1CCc2c(C(=O)NCC3CCN(C4CC4)C3)csc2C1. The molecule has 3 nitrogen and oxygen atoms in total. The van der Waals surface area contributed by atoms with Gasteiger partial charge in [0.15, 0.2) is 0 Å². The number of carbonyl (C=O) groups is 1. The van der Waals surface area contributed by atoms with Gasteiger partial charge in [-0.05, 0) is 62.5 Å². The van der Waals surface area contributed by atoms with E-state index in [-0.39, 0.29) is 5.91 Å². The second-order valence-electron chi connectivity index (χ2n) is 7.49. The van der Waals surface area contributed by atoms with Crippen molar-refractivity contribution in [2.24, 2.45) is 11.8 Å². The van der Waals surface area contributed by atoms with E-state index in [1.165, 1.54) is 49.2 Å². The molecule has 0 radical (unpaired) electrons. The Morgan fingerprint density at radius 2 is 2.23 bits per heavy atom. The normalized spacial score (nSPS) is 28.6. The van der Waals surface area contributed by atoms with Gasteiger partial charge in [0.2, 0.25) is 0 Å². The van der Waals surface area contributed by atoms with Gasteiger partial charge in [-0.3, -0.25) is 4.79 Å². The van der Waals surface area contributed by atoms with E-state index < -0.39 is 0 Å². The van der Waals surface area contributed by atoms with Crippen LogP contribution < -0.4 is 5.32 Å². The number of fused-ring (bicyclic) bond motifs is 1. The number of rotatable bonds is 4. The summed E-state index contributed by atoms with van der Waals surface area (Å²) < 4.78 is 0. The quantitative estimate of drug-likeness (QED) is 0.925. The molecular formula is C18H26N2OS. The van der Waals surface area contributed by atoms with Crippen molar-refractivity contribution in [2.45, 2.75) is 51.5 Å². The monoisotopic (exact) mass is 318 g/mol. The van der Waals surface area contributed by atoms with Crippen molar-refractivity contribution in [1.82, 2.24) is 10.2 Å². The highest BCUT2D eigenvalue weighted by Gasteiger charge is 2.34. The van der Waals surface area contributed by atoms with Gasteiger partial charge >= 0.3 is 0 Å². The Morgan fingerprint density at radius 3 is 3.05 bits per heavy atom. The maximum atomic E-state index is 12.5. The molecule has 2 aliphatic carbocycles. The molecule has 1 amide bonds. The number of nitrogens with one attached hydrogen (secondary N) is 1. The van der Waals surface area contributed by atoms with Gasteiger partial charge in [-0.25, -0.2) is 0 Å². The van der Waals surface area contributed by atoms with Gasteiger partial charge in [-0.2, -0.15) is 0 Å². The van der Waals surface area contributed by atoms with Crippen molar-refractivity contribution >= 4 is 17.2 Å². The van der Waals surface area contributed by atoms with Crippen molar-refractivity contribution in [2.75, 3.05) is 19.6 Å². The summed E-state index contributed by atoms with van der Waals surface area (Å²) in [7, 11) is 0. The van der Waals surface area contributed by atoms with Crippen LogP contribution in [0.1, 0.15) is 53.4 Å². The summed E-state index contributed by atoms with van der Waals surface area (Å²) in [5.74, 6) is 1.59. The number of carbonyl (C=O) groups excluding carboxylic acids is 1. The van der Waals surface area contributed by atoms with Gasteiger partial charge in [0, 0.05) is 29.4 Å². The lowest BCUT2D eigenvalue weighted by atomic mass is 9.88. The van der Waals surface area contributed by atoms with E-state index in [4.69, 9.17) is 0 Å². The lowest BCUT2D eigenvalue weighted by molar-refractivity contribution is 0.0946. The van der Waals surface area contributed by atoms with Crippen LogP contribution in [0.3, 0.4) is 0 Å². The van der Waals surface area contributed by atoms with E-state index in [1.807, 2.05) is 0 Å². The van der Waals surface area contributed by atoms with Crippen LogP contribution in [-0.2, 0) is 12.8 Å². The van der Waals surface area contributed by atoms with Gasteiger partial charge in [0.25, 0.3) is 5.91 Å². The standard InChI is InChI=1S/C18H26N2OS/c1-12-2-5-15-16(11-22-17(15)8-12)18(21)19-9-13-6-7-20(10-13)14-3-4-14/h11-14H,2-10H2,1H3,(H,19,21). The molecule has 1 saturated carbocycles. The van der Waals surface area contributed by atoms with E-state index in [2.05, 4.69) is 22.5 Å². The van der Waals surface area contributed by atoms with Crippen LogP contribution in [0.4, 0.5) is 0 Å². The average molecular weight is 318 g/mol. The molecule has 2 heterocycles. The zero-order chi connectivity index (χ0) is 15.1. The Hall–Kier alpha value is -0.870. The van der Waals surface area contributed by atoms with Gasteiger partial charge < -0.3 is 10.2 Å². The maximum Gasteiger partial charge on any atom is 0.252 e. The minimum absolute atomic E-state index is 0.164.